The van der Waals surface area contributed by atoms with Crippen LogP contribution < -0.4 is 0 Å². The molecule has 0 saturated heterocycles. The van der Waals surface area contributed by atoms with E-state index in [-0.39, 0.29) is 5.70 Å². The first kappa shape index (κ1) is 17.8. The summed E-state index contributed by atoms with van der Waals surface area (Å²) in [6.45, 7) is 0. The quantitative estimate of drug-likeness (QED) is 0.347. The molecule has 0 radical (unpaired) electrons. The number of aromatic nitrogens is 1. The van der Waals surface area contributed by atoms with Gasteiger partial charge in [0.25, 0.3) is 0 Å². The van der Waals surface area contributed by atoms with Gasteiger partial charge < -0.3 is 9.15 Å². The topological polar surface area (TPSA) is 64.7 Å². The third kappa shape index (κ3) is 3.56. The molecule has 4 aromatic rings. The maximum Gasteiger partial charge on any atom is 0.363 e. The van der Waals surface area contributed by atoms with E-state index in [9.17, 15) is 4.79 Å². The Bertz CT molecular complexity index is 1270. The van der Waals surface area contributed by atoms with Crippen molar-refractivity contribution in [2.24, 2.45) is 4.99 Å². The lowest BCUT2D eigenvalue weighted by atomic mass is 10.1. The molecule has 0 atom stereocenters. The average molecular weight is 392 g/mol. The third-order valence-corrected chi connectivity index (χ3v) is 4.64. The van der Waals surface area contributed by atoms with Gasteiger partial charge in [-0.2, -0.15) is 0 Å². The van der Waals surface area contributed by atoms with Crippen molar-refractivity contribution in [3.63, 3.8) is 0 Å². The van der Waals surface area contributed by atoms with Crippen molar-refractivity contribution in [2.45, 2.75) is 0 Å². The molecular formula is C25H16N2O3. The zero-order valence-corrected chi connectivity index (χ0v) is 15.9. The number of aliphatic imine (C=N–C) groups is 1. The number of nitrogens with zero attached hydrogens (tertiary/aromatic N) is 2. The van der Waals surface area contributed by atoms with Crippen LogP contribution in [0.4, 0.5) is 0 Å². The summed E-state index contributed by atoms with van der Waals surface area (Å²) in [5.41, 5.74) is 3.59. The third-order valence-electron chi connectivity index (χ3n) is 4.64. The van der Waals surface area contributed by atoms with Crippen LogP contribution in [0.5, 0.6) is 0 Å². The Morgan fingerprint density at radius 3 is 2.23 bits per heavy atom. The number of rotatable bonds is 4. The van der Waals surface area contributed by atoms with Crippen molar-refractivity contribution in [3.8, 4) is 22.8 Å². The van der Waals surface area contributed by atoms with Crippen LogP contribution in [0.25, 0.3) is 28.9 Å². The van der Waals surface area contributed by atoms with Crippen LogP contribution in [0.1, 0.15) is 11.1 Å². The van der Waals surface area contributed by atoms with Crippen molar-refractivity contribution in [3.05, 3.63) is 108 Å². The Morgan fingerprint density at radius 2 is 1.47 bits per heavy atom. The van der Waals surface area contributed by atoms with Crippen molar-refractivity contribution < 1.29 is 13.9 Å². The van der Waals surface area contributed by atoms with E-state index in [1.807, 2.05) is 84.9 Å². The average Bonchev–Trinajstić information content (AvgIpc) is 3.43. The Labute approximate surface area is 173 Å². The number of cyclic esters (lactones) is 1. The molecule has 5 nitrogen and oxygen atoms in total. The van der Waals surface area contributed by atoms with Gasteiger partial charge in [-0.1, -0.05) is 60.7 Å². The number of carbonyl (C=O) groups excluding carboxylic acids is 1. The smallest absolute Gasteiger partial charge is 0.363 e. The Morgan fingerprint density at radius 1 is 0.767 bits per heavy atom. The molecule has 5 heteroatoms. The van der Waals surface area contributed by atoms with Gasteiger partial charge in [0.05, 0.1) is 6.20 Å². The molecule has 0 bridgehead atoms. The van der Waals surface area contributed by atoms with E-state index in [1.54, 1.807) is 12.3 Å². The number of ether oxygens (including phenoxy) is 1. The van der Waals surface area contributed by atoms with Gasteiger partial charge in [0.15, 0.2) is 11.5 Å². The minimum atomic E-state index is -0.471. The predicted octanol–water partition coefficient (Wildman–Crippen LogP) is 5.35. The molecule has 0 aliphatic carbocycles. The summed E-state index contributed by atoms with van der Waals surface area (Å²) >= 11 is 0. The first-order valence-corrected chi connectivity index (χ1v) is 9.46. The summed E-state index contributed by atoms with van der Waals surface area (Å²) in [7, 11) is 0. The summed E-state index contributed by atoms with van der Waals surface area (Å²) < 4.78 is 11.2. The number of oxazole rings is 1. The molecule has 0 spiro atoms. The lowest BCUT2D eigenvalue weighted by molar-refractivity contribution is -0.129. The highest BCUT2D eigenvalue weighted by Crippen LogP contribution is 2.27. The van der Waals surface area contributed by atoms with Gasteiger partial charge in [0.1, 0.15) is 0 Å². The van der Waals surface area contributed by atoms with Gasteiger partial charge in [0, 0.05) is 16.7 Å². The maximum atomic E-state index is 12.2. The van der Waals surface area contributed by atoms with Crippen LogP contribution in [0.15, 0.2) is 106 Å². The second-order valence-electron chi connectivity index (χ2n) is 6.72. The number of hydrogen-bond acceptors (Lipinski definition) is 5. The standard InChI is InChI=1S/C25H16N2O3/c28-25-21(27-24(30-25)19-11-5-2-6-12-19)15-17-8-7-13-20(14-17)23-26-16-22(29-23)18-9-3-1-4-10-18/h1-16H. The molecule has 1 aliphatic rings. The lowest BCUT2D eigenvalue weighted by Gasteiger charge is -1.99. The second kappa shape index (κ2) is 7.64. The highest BCUT2D eigenvalue weighted by atomic mass is 16.6. The van der Waals surface area contributed by atoms with Gasteiger partial charge in [-0.3, -0.25) is 0 Å². The molecular weight excluding hydrogens is 376 g/mol. The SMILES string of the molecule is O=C1OC(c2ccccc2)=NC1=Cc1cccc(-c2ncc(-c3ccccc3)o2)c1. The number of benzene rings is 3. The number of carbonyl (C=O) groups is 1. The molecule has 1 aromatic heterocycles. The molecule has 1 aliphatic heterocycles. The zero-order valence-electron chi connectivity index (χ0n) is 15.9. The highest BCUT2D eigenvalue weighted by Gasteiger charge is 2.24. The monoisotopic (exact) mass is 392 g/mol. The van der Waals surface area contributed by atoms with Gasteiger partial charge >= 0.3 is 5.97 Å². The van der Waals surface area contributed by atoms with Crippen LogP contribution in [0.2, 0.25) is 0 Å². The lowest BCUT2D eigenvalue weighted by Crippen LogP contribution is -2.04. The van der Waals surface area contributed by atoms with Crippen LogP contribution >= 0.6 is 0 Å². The summed E-state index contributed by atoms with van der Waals surface area (Å²) in [6.07, 6.45) is 3.41. The summed E-state index contributed by atoms with van der Waals surface area (Å²) in [6, 6.07) is 26.7. The van der Waals surface area contributed by atoms with E-state index in [0.717, 1.165) is 22.3 Å². The van der Waals surface area contributed by atoms with Crippen LogP contribution in [-0.4, -0.2) is 16.9 Å². The molecule has 30 heavy (non-hydrogen) atoms. The molecule has 0 amide bonds. The van der Waals surface area contributed by atoms with Gasteiger partial charge in [0.2, 0.25) is 11.8 Å². The number of esters is 1. The van der Waals surface area contributed by atoms with Crippen molar-refractivity contribution in [1.82, 2.24) is 4.98 Å². The fraction of sp³-hybridized carbons (Fsp3) is 0. The minimum absolute atomic E-state index is 0.253. The molecule has 0 unspecified atom stereocenters. The summed E-state index contributed by atoms with van der Waals surface area (Å²) in [5, 5.41) is 0. The molecule has 144 valence electrons. The van der Waals surface area contributed by atoms with Crippen LogP contribution in [0.3, 0.4) is 0 Å². The Kier molecular flexibility index (Phi) is 4.54. The molecule has 0 saturated carbocycles. The van der Waals surface area contributed by atoms with Crippen LogP contribution in [0, 0.1) is 0 Å². The summed E-state index contributed by atoms with van der Waals surface area (Å²) in [5.74, 6) is 1.05. The van der Waals surface area contributed by atoms with E-state index < -0.39 is 5.97 Å². The van der Waals surface area contributed by atoms with Crippen molar-refractivity contribution >= 4 is 17.9 Å². The van der Waals surface area contributed by atoms with E-state index in [4.69, 9.17) is 9.15 Å². The Hall–Kier alpha value is -4.25. The van der Waals surface area contributed by atoms with Gasteiger partial charge in [-0.15, -0.1) is 0 Å². The first-order valence-electron chi connectivity index (χ1n) is 9.46. The largest absolute Gasteiger partial charge is 0.436 e. The zero-order chi connectivity index (χ0) is 20.3. The molecule has 5 rings (SSSR count). The van der Waals surface area contributed by atoms with Gasteiger partial charge in [-0.25, -0.2) is 14.8 Å². The fourth-order valence-electron chi connectivity index (χ4n) is 3.18. The maximum absolute atomic E-state index is 12.2. The van der Waals surface area contributed by atoms with E-state index >= 15 is 0 Å². The van der Waals surface area contributed by atoms with Crippen molar-refractivity contribution in [2.75, 3.05) is 0 Å². The highest BCUT2D eigenvalue weighted by molar-refractivity contribution is 6.12. The Balaban J connectivity index is 1.44. The van der Waals surface area contributed by atoms with Gasteiger partial charge in [-0.05, 0) is 35.9 Å². The minimum Gasteiger partial charge on any atom is -0.436 e. The predicted molar refractivity (Wildman–Crippen MR) is 114 cm³/mol. The van der Waals surface area contributed by atoms with Crippen molar-refractivity contribution in [1.29, 1.82) is 0 Å². The van der Waals surface area contributed by atoms with E-state index in [2.05, 4.69) is 9.98 Å². The van der Waals surface area contributed by atoms with E-state index in [0.29, 0.717) is 17.5 Å². The molecule has 0 N–H and O–H groups in total. The molecule has 2 heterocycles. The second-order valence-corrected chi connectivity index (χ2v) is 6.72. The molecule has 0 fully saturated rings. The van der Waals surface area contributed by atoms with E-state index in [1.165, 1.54) is 0 Å². The van der Waals surface area contributed by atoms with Crippen LogP contribution in [-0.2, 0) is 9.53 Å². The fourth-order valence-corrected chi connectivity index (χ4v) is 3.18. The summed E-state index contributed by atoms with van der Waals surface area (Å²) in [4.78, 5) is 21.0. The first-order chi connectivity index (χ1) is 14.8. The normalized spacial score (nSPS) is 14.6. The molecule has 3 aromatic carbocycles. The number of hydrogen-bond donors (Lipinski definition) is 0.